The summed E-state index contributed by atoms with van der Waals surface area (Å²) in [5.41, 5.74) is 6.74. The highest BCUT2D eigenvalue weighted by Crippen LogP contribution is 2.20. The molecule has 0 radical (unpaired) electrons. The smallest absolute Gasteiger partial charge is 0.137 e. The molecule has 1 atom stereocenters. The van der Waals surface area contributed by atoms with E-state index in [2.05, 4.69) is 15.9 Å². The summed E-state index contributed by atoms with van der Waals surface area (Å²) in [4.78, 5) is 0. The van der Waals surface area contributed by atoms with Crippen LogP contribution in [0.25, 0.3) is 0 Å². The van der Waals surface area contributed by atoms with E-state index in [0.29, 0.717) is 4.47 Å². The second-order valence-electron chi connectivity index (χ2n) is 3.24. The van der Waals surface area contributed by atoms with Crippen molar-refractivity contribution in [2.24, 2.45) is 5.73 Å². The molecule has 0 amide bonds. The van der Waals surface area contributed by atoms with Crippen LogP contribution in [0.2, 0.25) is 0 Å². The van der Waals surface area contributed by atoms with Gasteiger partial charge in [0.15, 0.2) is 0 Å². The van der Waals surface area contributed by atoms with Crippen LogP contribution in [-0.4, -0.2) is 11.8 Å². The van der Waals surface area contributed by atoms with Crippen LogP contribution in [0.1, 0.15) is 12.5 Å². The second kappa shape index (κ2) is 5.73. The molecule has 0 aliphatic rings. The van der Waals surface area contributed by atoms with Crippen molar-refractivity contribution in [2.45, 2.75) is 18.7 Å². The first-order valence-electron chi connectivity index (χ1n) is 4.37. The Kier molecular flexibility index (Phi) is 4.92. The Hall–Kier alpha value is -0.0600. The lowest BCUT2D eigenvalue weighted by Crippen LogP contribution is -2.17. The normalized spacial score (nSPS) is 12.9. The molecule has 0 saturated heterocycles. The predicted molar refractivity (Wildman–Crippen MR) is 63.9 cm³/mol. The van der Waals surface area contributed by atoms with E-state index in [1.807, 2.05) is 13.0 Å². The van der Waals surface area contributed by atoms with Crippen molar-refractivity contribution < 1.29 is 4.39 Å². The molecule has 1 rings (SSSR count). The maximum atomic E-state index is 12.9. The lowest BCUT2D eigenvalue weighted by molar-refractivity contribution is 0.620. The largest absolute Gasteiger partial charge is 0.327 e. The minimum absolute atomic E-state index is 0.212. The number of benzene rings is 1. The van der Waals surface area contributed by atoms with E-state index >= 15 is 0 Å². The molecule has 0 aliphatic heterocycles. The summed E-state index contributed by atoms with van der Waals surface area (Å²) < 4.78 is 13.4. The summed E-state index contributed by atoms with van der Waals surface area (Å²) in [6.07, 6.45) is 0. The minimum Gasteiger partial charge on any atom is -0.327 e. The lowest BCUT2D eigenvalue weighted by atomic mass is 10.2. The van der Waals surface area contributed by atoms with Gasteiger partial charge in [0, 0.05) is 17.5 Å². The van der Waals surface area contributed by atoms with Crippen molar-refractivity contribution in [1.29, 1.82) is 0 Å². The highest BCUT2D eigenvalue weighted by Gasteiger charge is 2.01. The average Bonchev–Trinajstić information content (AvgIpc) is 2.10. The number of hydrogen-bond acceptors (Lipinski definition) is 2. The highest BCUT2D eigenvalue weighted by molar-refractivity contribution is 9.10. The van der Waals surface area contributed by atoms with E-state index in [1.165, 1.54) is 6.07 Å². The maximum absolute atomic E-state index is 12.9. The lowest BCUT2D eigenvalue weighted by Gasteiger charge is -2.05. The SMILES string of the molecule is CC(N)CSCc1ccc(F)c(Br)c1. The van der Waals surface area contributed by atoms with Gasteiger partial charge in [0.2, 0.25) is 0 Å². The molecule has 0 fully saturated rings. The van der Waals surface area contributed by atoms with Crippen LogP contribution in [-0.2, 0) is 5.75 Å². The van der Waals surface area contributed by atoms with Crippen molar-refractivity contribution >= 4 is 27.7 Å². The summed E-state index contributed by atoms with van der Waals surface area (Å²) in [5, 5.41) is 0. The molecule has 1 aromatic rings. The zero-order valence-electron chi connectivity index (χ0n) is 7.97. The third-order valence-corrected chi connectivity index (χ3v) is 3.54. The Bertz CT molecular complexity index is 304. The Morgan fingerprint density at radius 3 is 2.86 bits per heavy atom. The zero-order chi connectivity index (χ0) is 10.6. The first-order valence-corrected chi connectivity index (χ1v) is 6.31. The molecular formula is C10H13BrFNS. The molecule has 0 spiro atoms. The van der Waals surface area contributed by atoms with Gasteiger partial charge < -0.3 is 5.73 Å². The number of halogens is 2. The highest BCUT2D eigenvalue weighted by atomic mass is 79.9. The summed E-state index contributed by atoms with van der Waals surface area (Å²) in [5.74, 6) is 1.58. The molecule has 2 N–H and O–H groups in total. The van der Waals surface area contributed by atoms with Crippen molar-refractivity contribution in [3.8, 4) is 0 Å². The molecular weight excluding hydrogens is 265 g/mol. The van der Waals surface area contributed by atoms with E-state index in [-0.39, 0.29) is 11.9 Å². The van der Waals surface area contributed by atoms with Gasteiger partial charge in [-0.15, -0.1) is 0 Å². The minimum atomic E-state index is -0.217. The number of hydrogen-bond donors (Lipinski definition) is 1. The van der Waals surface area contributed by atoms with Crippen molar-refractivity contribution in [3.63, 3.8) is 0 Å². The van der Waals surface area contributed by atoms with Gasteiger partial charge in [-0.3, -0.25) is 0 Å². The molecule has 1 nitrogen and oxygen atoms in total. The van der Waals surface area contributed by atoms with Crippen LogP contribution < -0.4 is 5.73 Å². The molecule has 0 aromatic heterocycles. The fourth-order valence-corrected chi connectivity index (χ4v) is 2.32. The van der Waals surface area contributed by atoms with Crippen LogP contribution in [0.4, 0.5) is 4.39 Å². The molecule has 4 heteroatoms. The van der Waals surface area contributed by atoms with Crippen LogP contribution >= 0.6 is 27.7 Å². The summed E-state index contributed by atoms with van der Waals surface area (Å²) in [6, 6.07) is 5.30. The fourth-order valence-electron chi connectivity index (χ4n) is 0.992. The van der Waals surface area contributed by atoms with Gasteiger partial charge in [-0.25, -0.2) is 4.39 Å². The quantitative estimate of drug-likeness (QED) is 0.915. The molecule has 0 saturated carbocycles. The average molecular weight is 278 g/mol. The van der Waals surface area contributed by atoms with Gasteiger partial charge in [0.25, 0.3) is 0 Å². The van der Waals surface area contributed by atoms with E-state index in [9.17, 15) is 4.39 Å². The number of rotatable bonds is 4. The van der Waals surface area contributed by atoms with Crippen molar-refractivity contribution in [3.05, 3.63) is 34.1 Å². The zero-order valence-corrected chi connectivity index (χ0v) is 10.4. The van der Waals surface area contributed by atoms with E-state index < -0.39 is 0 Å². The van der Waals surface area contributed by atoms with Crippen molar-refractivity contribution in [1.82, 2.24) is 0 Å². The number of thioether (sulfide) groups is 1. The van der Waals surface area contributed by atoms with Gasteiger partial charge in [-0.05, 0) is 40.5 Å². The van der Waals surface area contributed by atoms with Crippen LogP contribution in [0.15, 0.2) is 22.7 Å². The number of nitrogens with two attached hydrogens (primary N) is 1. The Labute approximate surface area is 96.4 Å². The molecule has 78 valence electrons. The second-order valence-corrected chi connectivity index (χ2v) is 5.13. The summed E-state index contributed by atoms with van der Waals surface area (Å²) >= 11 is 4.92. The van der Waals surface area contributed by atoms with Gasteiger partial charge in [-0.2, -0.15) is 11.8 Å². The first-order chi connectivity index (χ1) is 6.59. The monoisotopic (exact) mass is 277 g/mol. The van der Waals surface area contributed by atoms with Crippen LogP contribution in [0.3, 0.4) is 0 Å². The third-order valence-electron chi connectivity index (χ3n) is 1.63. The van der Waals surface area contributed by atoms with Crippen LogP contribution in [0.5, 0.6) is 0 Å². The van der Waals surface area contributed by atoms with Gasteiger partial charge in [0.05, 0.1) is 4.47 Å². The third kappa shape index (κ3) is 3.98. The summed E-state index contributed by atoms with van der Waals surface area (Å²) in [6.45, 7) is 1.98. The predicted octanol–water partition coefficient (Wildman–Crippen LogP) is 3.17. The molecule has 1 unspecified atom stereocenters. The van der Waals surface area contributed by atoms with Crippen LogP contribution in [0, 0.1) is 5.82 Å². The molecule has 0 bridgehead atoms. The topological polar surface area (TPSA) is 26.0 Å². The molecule has 1 aromatic carbocycles. The van der Waals surface area contributed by atoms with E-state index in [4.69, 9.17) is 5.73 Å². The van der Waals surface area contributed by atoms with E-state index in [1.54, 1.807) is 17.8 Å². The Morgan fingerprint density at radius 1 is 1.57 bits per heavy atom. The Morgan fingerprint density at radius 2 is 2.29 bits per heavy atom. The standard InChI is InChI=1S/C10H13BrFNS/c1-7(13)5-14-6-8-2-3-10(12)9(11)4-8/h2-4,7H,5-6,13H2,1H3. The van der Waals surface area contributed by atoms with Crippen molar-refractivity contribution in [2.75, 3.05) is 5.75 Å². The molecule has 14 heavy (non-hydrogen) atoms. The van der Waals surface area contributed by atoms with Gasteiger partial charge in [0.1, 0.15) is 5.82 Å². The molecule has 0 aliphatic carbocycles. The Balaban J connectivity index is 2.47. The first kappa shape index (κ1) is 12.0. The summed E-state index contributed by atoms with van der Waals surface area (Å²) in [7, 11) is 0. The molecule has 0 heterocycles. The fraction of sp³-hybridized carbons (Fsp3) is 0.400. The van der Waals surface area contributed by atoms with Gasteiger partial charge in [-0.1, -0.05) is 6.07 Å². The van der Waals surface area contributed by atoms with E-state index in [0.717, 1.165) is 17.1 Å². The van der Waals surface area contributed by atoms with Gasteiger partial charge >= 0.3 is 0 Å². The maximum Gasteiger partial charge on any atom is 0.137 e.